The first kappa shape index (κ1) is 24.8. The van der Waals surface area contributed by atoms with Crippen molar-refractivity contribution < 1.29 is 23.8 Å². The molecule has 0 atom stereocenters. The maximum Gasteiger partial charge on any atom is 0.410 e. The third-order valence-corrected chi connectivity index (χ3v) is 5.37. The van der Waals surface area contributed by atoms with Gasteiger partial charge in [0.05, 0.1) is 0 Å². The topological polar surface area (TPSA) is 104 Å². The third kappa shape index (κ3) is 6.41. The van der Waals surface area contributed by atoms with Crippen LogP contribution in [0.3, 0.4) is 0 Å². The van der Waals surface area contributed by atoms with E-state index in [-0.39, 0.29) is 17.5 Å². The monoisotopic (exact) mass is 487 g/mol. The SMILES string of the molecule is CC(C)(C)OC(=O)N1CC=C(c2cnc(Oc3ccc(Oc4ccccc4)cc3)c(C(N)=O)c2)CC1. The Kier molecular flexibility index (Phi) is 7.24. The number of nitrogens with two attached hydrogens (primary N) is 1. The Labute approximate surface area is 210 Å². The van der Waals surface area contributed by atoms with Crippen LogP contribution in [0.15, 0.2) is 72.9 Å². The minimum atomic E-state index is -0.643. The molecule has 8 heteroatoms. The molecule has 2 N–H and O–H groups in total. The summed E-state index contributed by atoms with van der Waals surface area (Å²) in [4.78, 5) is 30.5. The van der Waals surface area contributed by atoms with Gasteiger partial charge >= 0.3 is 6.09 Å². The highest BCUT2D eigenvalue weighted by atomic mass is 16.6. The van der Waals surface area contributed by atoms with Gasteiger partial charge < -0.3 is 24.8 Å². The fraction of sp³-hybridized carbons (Fsp3) is 0.250. The number of amides is 2. The van der Waals surface area contributed by atoms with Crippen LogP contribution in [-0.2, 0) is 4.74 Å². The highest BCUT2D eigenvalue weighted by Gasteiger charge is 2.24. The molecule has 0 saturated heterocycles. The number of hydrogen-bond donors (Lipinski definition) is 1. The zero-order valence-corrected chi connectivity index (χ0v) is 20.6. The lowest BCUT2D eigenvalue weighted by Gasteiger charge is -2.29. The fourth-order valence-corrected chi connectivity index (χ4v) is 3.62. The molecule has 4 rings (SSSR count). The maximum absolute atomic E-state index is 12.3. The molecule has 1 aromatic heterocycles. The minimum Gasteiger partial charge on any atom is -0.457 e. The molecule has 0 spiro atoms. The molecule has 1 aliphatic rings. The number of pyridine rings is 1. The zero-order valence-electron chi connectivity index (χ0n) is 20.6. The molecule has 8 nitrogen and oxygen atoms in total. The van der Waals surface area contributed by atoms with Crippen LogP contribution in [0, 0.1) is 0 Å². The van der Waals surface area contributed by atoms with E-state index in [1.165, 1.54) is 0 Å². The van der Waals surface area contributed by atoms with E-state index in [1.807, 2.05) is 57.2 Å². The van der Waals surface area contributed by atoms with Crippen molar-refractivity contribution in [3.05, 3.63) is 84.1 Å². The molecule has 2 aromatic carbocycles. The Morgan fingerprint density at radius 2 is 1.58 bits per heavy atom. The zero-order chi connectivity index (χ0) is 25.7. The summed E-state index contributed by atoms with van der Waals surface area (Å²) in [7, 11) is 0. The molecule has 0 saturated carbocycles. The second kappa shape index (κ2) is 10.5. The summed E-state index contributed by atoms with van der Waals surface area (Å²) < 4.78 is 17.1. The van der Waals surface area contributed by atoms with E-state index in [0.29, 0.717) is 31.0 Å². The lowest BCUT2D eigenvalue weighted by molar-refractivity contribution is 0.0270. The van der Waals surface area contributed by atoms with Crippen molar-refractivity contribution in [1.82, 2.24) is 9.88 Å². The largest absolute Gasteiger partial charge is 0.457 e. The number of primary amides is 1. The van der Waals surface area contributed by atoms with E-state index in [0.717, 1.165) is 16.9 Å². The summed E-state index contributed by atoms with van der Waals surface area (Å²) >= 11 is 0. The molecular formula is C28H29N3O5. The summed E-state index contributed by atoms with van der Waals surface area (Å²) in [6.45, 7) is 6.42. The lowest BCUT2D eigenvalue weighted by Crippen LogP contribution is -2.39. The number of aromatic nitrogens is 1. The molecule has 36 heavy (non-hydrogen) atoms. The van der Waals surface area contributed by atoms with E-state index in [1.54, 1.807) is 41.4 Å². The van der Waals surface area contributed by atoms with Crippen LogP contribution in [0.5, 0.6) is 23.1 Å². The number of ether oxygens (including phenoxy) is 3. The average Bonchev–Trinajstić information content (AvgIpc) is 2.85. The van der Waals surface area contributed by atoms with Gasteiger partial charge in [0, 0.05) is 19.3 Å². The Balaban J connectivity index is 1.45. The summed E-state index contributed by atoms with van der Waals surface area (Å²) in [5.74, 6) is 1.34. The molecule has 186 valence electrons. The maximum atomic E-state index is 12.3. The van der Waals surface area contributed by atoms with Crippen molar-refractivity contribution in [2.75, 3.05) is 13.1 Å². The van der Waals surface area contributed by atoms with Gasteiger partial charge in [0.1, 0.15) is 28.4 Å². The molecular weight excluding hydrogens is 458 g/mol. The van der Waals surface area contributed by atoms with Gasteiger partial charge in [-0.05, 0) is 80.8 Å². The number of para-hydroxylation sites is 1. The second-order valence-corrected chi connectivity index (χ2v) is 9.34. The molecule has 0 radical (unpaired) electrons. The van der Waals surface area contributed by atoms with Gasteiger partial charge in [-0.1, -0.05) is 24.3 Å². The highest BCUT2D eigenvalue weighted by Crippen LogP contribution is 2.30. The smallest absolute Gasteiger partial charge is 0.410 e. The molecule has 0 unspecified atom stereocenters. The summed E-state index contributed by atoms with van der Waals surface area (Å²) in [6.07, 6.45) is 3.82. The van der Waals surface area contributed by atoms with Gasteiger partial charge in [0.15, 0.2) is 0 Å². The normalized spacial score (nSPS) is 13.5. The number of hydrogen-bond acceptors (Lipinski definition) is 6. The highest BCUT2D eigenvalue weighted by molar-refractivity contribution is 5.96. The van der Waals surface area contributed by atoms with Gasteiger partial charge in [0.2, 0.25) is 5.88 Å². The standard InChI is InChI=1S/C28H29N3O5/c1-28(2,3)36-27(33)31-15-13-19(14-16-31)20-17-24(25(29)32)26(30-18-20)35-23-11-9-22(10-12-23)34-21-7-5-4-6-8-21/h4-13,17-18H,14-16H2,1-3H3,(H2,29,32). The van der Waals surface area contributed by atoms with Gasteiger partial charge in [-0.2, -0.15) is 0 Å². The Morgan fingerprint density at radius 1 is 0.944 bits per heavy atom. The Bertz CT molecular complexity index is 1260. The van der Waals surface area contributed by atoms with Crippen LogP contribution in [0.1, 0.15) is 43.1 Å². The van der Waals surface area contributed by atoms with Crippen LogP contribution in [0.2, 0.25) is 0 Å². The van der Waals surface area contributed by atoms with Gasteiger partial charge in [-0.15, -0.1) is 0 Å². The number of rotatable bonds is 6. The summed E-state index contributed by atoms with van der Waals surface area (Å²) in [5.41, 5.74) is 6.98. The molecule has 2 amide bonds. The van der Waals surface area contributed by atoms with Crippen LogP contribution in [-0.4, -0.2) is 40.6 Å². The molecule has 2 heterocycles. The molecule has 3 aromatic rings. The van der Waals surface area contributed by atoms with E-state index in [2.05, 4.69) is 4.98 Å². The number of nitrogens with zero attached hydrogens (tertiary/aromatic N) is 2. The first-order valence-corrected chi connectivity index (χ1v) is 11.7. The van der Waals surface area contributed by atoms with Crippen molar-refractivity contribution in [2.45, 2.75) is 32.8 Å². The van der Waals surface area contributed by atoms with Crippen LogP contribution < -0.4 is 15.2 Å². The van der Waals surface area contributed by atoms with Gasteiger partial charge in [0.25, 0.3) is 5.91 Å². The number of carbonyl (C=O) groups excluding carboxylic acids is 2. The molecule has 0 aliphatic carbocycles. The number of benzene rings is 2. The van der Waals surface area contributed by atoms with Crippen molar-refractivity contribution in [3.63, 3.8) is 0 Å². The number of carbonyl (C=O) groups is 2. The molecule has 0 bridgehead atoms. The third-order valence-electron chi connectivity index (χ3n) is 5.37. The summed E-state index contributed by atoms with van der Waals surface area (Å²) in [5, 5.41) is 0. The predicted octanol–water partition coefficient (Wildman–Crippen LogP) is 5.79. The Morgan fingerprint density at radius 3 is 2.17 bits per heavy atom. The van der Waals surface area contributed by atoms with E-state index in [9.17, 15) is 9.59 Å². The van der Waals surface area contributed by atoms with E-state index < -0.39 is 11.5 Å². The lowest BCUT2D eigenvalue weighted by atomic mass is 9.99. The second-order valence-electron chi connectivity index (χ2n) is 9.34. The first-order valence-electron chi connectivity index (χ1n) is 11.7. The first-order chi connectivity index (χ1) is 17.2. The van der Waals surface area contributed by atoms with Crippen molar-refractivity contribution in [3.8, 4) is 23.1 Å². The van der Waals surface area contributed by atoms with Crippen molar-refractivity contribution in [2.24, 2.45) is 5.73 Å². The van der Waals surface area contributed by atoms with Crippen LogP contribution in [0.4, 0.5) is 4.79 Å². The van der Waals surface area contributed by atoms with Crippen molar-refractivity contribution >= 4 is 17.6 Å². The van der Waals surface area contributed by atoms with Crippen LogP contribution >= 0.6 is 0 Å². The summed E-state index contributed by atoms with van der Waals surface area (Å²) in [6, 6.07) is 18.1. The van der Waals surface area contributed by atoms with Gasteiger partial charge in [-0.3, -0.25) is 4.79 Å². The average molecular weight is 488 g/mol. The van der Waals surface area contributed by atoms with Crippen LogP contribution in [0.25, 0.3) is 5.57 Å². The minimum absolute atomic E-state index is 0.120. The molecule has 1 aliphatic heterocycles. The van der Waals surface area contributed by atoms with E-state index >= 15 is 0 Å². The predicted molar refractivity (Wildman–Crippen MR) is 136 cm³/mol. The fourth-order valence-electron chi connectivity index (χ4n) is 3.62. The quantitative estimate of drug-likeness (QED) is 0.472. The van der Waals surface area contributed by atoms with E-state index in [4.69, 9.17) is 19.9 Å². The van der Waals surface area contributed by atoms with Gasteiger partial charge in [-0.25, -0.2) is 9.78 Å². The molecule has 0 fully saturated rings. The Hall–Kier alpha value is -4.33. The van der Waals surface area contributed by atoms with Crippen molar-refractivity contribution in [1.29, 1.82) is 0 Å².